The molecule has 0 aliphatic heterocycles. The van der Waals surface area contributed by atoms with Gasteiger partial charge in [0.05, 0.1) is 13.0 Å². The highest BCUT2D eigenvalue weighted by Crippen LogP contribution is 2.14. The number of aliphatic carboxylic acids is 1. The van der Waals surface area contributed by atoms with Gasteiger partial charge in [0.2, 0.25) is 5.91 Å². The summed E-state index contributed by atoms with van der Waals surface area (Å²) in [5.41, 5.74) is 1.07. The van der Waals surface area contributed by atoms with Crippen molar-refractivity contribution in [2.24, 2.45) is 5.92 Å². The van der Waals surface area contributed by atoms with Crippen molar-refractivity contribution in [3.05, 3.63) is 29.8 Å². The van der Waals surface area contributed by atoms with Gasteiger partial charge in [0.15, 0.2) is 0 Å². The van der Waals surface area contributed by atoms with Gasteiger partial charge in [-0.15, -0.1) is 0 Å². The SMILES string of the molecule is CCOc1ccc(CCC(=O)N(CCC(=O)O)CC(C)C)cc1. The second-order valence-electron chi connectivity index (χ2n) is 5.95. The molecule has 0 bridgehead atoms. The minimum Gasteiger partial charge on any atom is -0.494 e. The molecule has 0 aliphatic carbocycles. The lowest BCUT2D eigenvalue weighted by Gasteiger charge is -2.24. The summed E-state index contributed by atoms with van der Waals surface area (Å²) < 4.78 is 5.39. The van der Waals surface area contributed by atoms with Crippen molar-refractivity contribution in [2.45, 2.75) is 40.0 Å². The Morgan fingerprint density at radius 1 is 1.17 bits per heavy atom. The van der Waals surface area contributed by atoms with Crippen molar-refractivity contribution in [1.82, 2.24) is 4.90 Å². The molecule has 0 saturated heterocycles. The normalized spacial score (nSPS) is 10.6. The third-order valence-corrected chi connectivity index (χ3v) is 3.40. The quantitative estimate of drug-likeness (QED) is 0.719. The van der Waals surface area contributed by atoms with Crippen LogP contribution in [0.2, 0.25) is 0 Å². The predicted molar refractivity (Wildman–Crippen MR) is 89.6 cm³/mol. The van der Waals surface area contributed by atoms with E-state index in [1.807, 2.05) is 45.0 Å². The number of carboxylic acids is 1. The van der Waals surface area contributed by atoms with Crippen LogP contribution in [-0.2, 0) is 16.0 Å². The number of carbonyl (C=O) groups is 2. The molecule has 0 fully saturated rings. The Hall–Kier alpha value is -2.04. The predicted octanol–water partition coefficient (Wildman–Crippen LogP) is 2.98. The zero-order valence-corrected chi connectivity index (χ0v) is 14.2. The number of amides is 1. The van der Waals surface area contributed by atoms with Crippen molar-refractivity contribution >= 4 is 11.9 Å². The van der Waals surface area contributed by atoms with Gasteiger partial charge in [0.1, 0.15) is 5.75 Å². The Bertz CT molecular complexity index is 496. The van der Waals surface area contributed by atoms with Gasteiger partial charge in [-0.05, 0) is 37.0 Å². The minimum absolute atomic E-state index is 0.00818. The van der Waals surface area contributed by atoms with Crippen LogP contribution in [0.25, 0.3) is 0 Å². The summed E-state index contributed by atoms with van der Waals surface area (Å²) in [5.74, 6) is 0.274. The summed E-state index contributed by atoms with van der Waals surface area (Å²) in [6.45, 7) is 7.48. The monoisotopic (exact) mass is 321 g/mol. The average molecular weight is 321 g/mol. The second kappa shape index (κ2) is 9.87. The number of benzene rings is 1. The summed E-state index contributed by atoms with van der Waals surface area (Å²) in [7, 11) is 0. The van der Waals surface area contributed by atoms with Crippen molar-refractivity contribution in [1.29, 1.82) is 0 Å². The Morgan fingerprint density at radius 2 is 1.83 bits per heavy atom. The van der Waals surface area contributed by atoms with Gasteiger partial charge in [-0.3, -0.25) is 9.59 Å². The van der Waals surface area contributed by atoms with Crippen LogP contribution in [0.3, 0.4) is 0 Å². The van der Waals surface area contributed by atoms with E-state index in [-0.39, 0.29) is 18.9 Å². The maximum atomic E-state index is 12.3. The third-order valence-electron chi connectivity index (χ3n) is 3.40. The van der Waals surface area contributed by atoms with Gasteiger partial charge < -0.3 is 14.7 Å². The van der Waals surface area contributed by atoms with Gasteiger partial charge in [-0.1, -0.05) is 26.0 Å². The Kier molecular flexibility index (Phi) is 8.16. The van der Waals surface area contributed by atoms with Crippen molar-refractivity contribution in [3.63, 3.8) is 0 Å². The number of ether oxygens (including phenoxy) is 1. The first-order chi connectivity index (χ1) is 10.9. The second-order valence-corrected chi connectivity index (χ2v) is 5.95. The number of hydrogen-bond donors (Lipinski definition) is 1. The Labute approximate surface area is 138 Å². The topological polar surface area (TPSA) is 66.8 Å². The summed E-state index contributed by atoms with van der Waals surface area (Å²) in [6.07, 6.45) is 1.02. The number of carbonyl (C=O) groups excluding carboxylic acids is 1. The van der Waals surface area contributed by atoms with Crippen LogP contribution in [-0.4, -0.2) is 41.6 Å². The minimum atomic E-state index is -0.877. The fourth-order valence-electron chi connectivity index (χ4n) is 2.32. The molecule has 5 heteroatoms. The molecular weight excluding hydrogens is 294 g/mol. The molecule has 1 N–H and O–H groups in total. The highest BCUT2D eigenvalue weighted by atomic mass is 16.5. The number of carboxylic acid groups (broad SMARTS) is 1. The fraction of sp³-hybridized carbons (Fsp3) is 0.556. The van der Waals surface area contributed by atoms with Gasteiger partial charge in [-0.25, -0.2) is 0 Å². The summed E-state index contributed by atoms with van der Waals surface area (Å²) in [5, 5.41) is 8.81. The number of hydrogen-bond acceptors (Lipinski definition) is 3. The molecule has 0 saturated carbocycles. The smallest absolute Gasteiger partial charge is 0.305 e. The largest absolute Gasteiger partial charge is 0.494 e. The molecule has 0 aromatic heterocycles. The molecule has 1 rings (SSSR count). The lowest BCUT2D eigenvalue weighted by atomic mass is 10.1. The van der Waals surface area contributed by atoms with Gasteiger partial charge in [0.25, 0.3) is 0 Å². The molecule has 0 spiro atoms. The molecule has 5 nitrogen and oxygen atoms in total. The lowest BCUT2D eigenvalue weighted by molar-refractivity contribution is -0.138. The summed E-state index contributed by atoms with van der Waals surface area (Å²) >= 11 is 0. The van der Waals surface area contributed by atoms with Crippen LogP contribution in [0.15, 0.2) is 24.3 Å². The molecule has 128 valence electrons. The third kappa shape index (κ3) is 7.68. The molecule has 0 heterocycles. The van der Waals surface area contributed by atoms with E-state index >= 15 is 0 Å². The highest BCUT2D eigenvalue weighted by molar-refractivity contribution is 5.77. The lowest BCUT2D eigenvalue weighted by Crippen LogP contribution is -2.36. The molecule has 0 atom stereocenters. The summed E-state index contributed by atoms with van der Waals surface area (Å²) in [4.78, 5) is 24.7. The average Bonchev–Trinajstić information content (AvgIpc) is 2.50. The molecule has 0 aliphatic rings. The molecule has 1 aromatic rings. The number of rotatable bonds is 10. The van der Waals surface area contributed by atoms with Crippen LogP contribution in [0.5, 0.6) is 5.75 Å². The standard InChI is InChI=1S/C18H27NO4/c1-4-23-16-8-5-15(6-9-16)7-10-17(20)19(13-14(2)3)12-11-18(21)22/h5-6,8-9,14H,4,7,10-13H2,1-3H3,(H,21,22). The highest BCUT2D eigenvalue weighted by Gasteiger charge is 2.16. The van der Waals surface area contributed by atoms with Gasteiger partial charge >= 0.3 is 5.97 Å². The zero-order valence-electron chi connectivity index (χ0n) is 14.2. The molecule has 1 aromatic carbocycles. The fourth-order valence-corrected chi connectivity index (χ4v) is 2.32. The van der Waals surface area contributed by atoms with E-state index in [2.05, 4.69) is 0 Å². The van der Waals surface area contributed by atoms with Crippen LogP contribution in [0.1, 0.15) is 39.2 Å². The molecule has 0 unspecified atom stereocenters. The van der Waals surface area contributed by atoms with Crippen LogP contribution >= 0.6 is 0 Å². The first-order valence-corrected chi connectivity index (χ1v) is 8.13. The Balaban J connectivity index is 2.54. The van der Waals surface area contributed by atoms with Gasteiger partial charge in [-0.2, -0.15) is 0 Å². The first kappa shape index (κ1) is 19.0. The van der Waals surface area contributed by atoms with Crippen molar-refractivity contribution < 1.29 is 19.4 Å². The van der Waals surface area contributed by atoms with Crippen LogP contribution < -0.4 is 4.74 Å². The van der Waals surface area contributed by atoms with E-state index in [1.165, 1.54) is 0 Å². The maximum Gasteiger partial charge on any atom is 0.305 e. The van der Waals surface area contributed by atoms with E-state index in [0.717, 1.165) is 11.3 Å². The van der Waals surface area contributed by atoms with E-state index in [9.17, 15) is 9.59 Å². The van der Waals surface area contributed by atoms with Crippen LogP contribution in [0.4, 0.5) is 0 Å². The molecule has 0 radical (unpaired) electrons. The van der Waals surface area contributed by atoms with Crippen molar-refractivity contribution in [2.75, 3.05) is 19.7 Å². The van der Waals surface area contributed by atoms with E-state index in [1.54, 1.807) is 4.90 Å². The molecule has 23 heavy (non-hydrogen) atoms. The maximum absolute atomic E-state index is 12.3. The van der Waals surface area contributed by atoms with Crippen LogP contribution in [0, 0.1) is 5.92 Å². The van der Waals surface area contributed by atoms with Gasteiger partial charge in [0, 0.05) is 19.5 Å². The summed E-state index contributed by atoms with van der Waals surface area (Å²) in [6, 6.07) is 7.73. The number of nitrogens with zero attached hydrogens (tertiary/aromatic N) is 1. The van der Waals surface area contributed by atoms with E-state index in [4.69, 9.17) is 9.84 Å². The molecular formula is C18H27NO4. The first-order valence-electron chi connectivity index (χ1n) is 8.13. The van der Waals surface area contributed by atoms with E-state index in [0.29, 0.717) is 31.9 Å². The Morgan fingerprint density at radius 3 is 2.35 bits per heavy atom. The number of aryl methyl sites for hydroxylation is 1. The van der Waals surface area contributed by atoms with Crippen molar-refractivity contribution in [3.8, 4) is 5.75 Å². The zero-order chi connectivity index (χ0) is 17.2. The molecule has 1 amide bonds. The van der Waals surface area contributed by atoms with E-state index < -0.39 is 5.97 Å².